The summed E-state index contributed by atoms with van der Waals surface area (Å²) in [6.07, 6.45) is 0.875. The summed E-state index contributed by atoms with van der Waals surface area (Å²) in [7, 11) is 0. The van der Waals surface area contributed by atoms with Crippen LogP contribution in [0.4, 0.5) is 0 Å². The van der Waals surface area contributed by atoms with Gasteiger partial charge in [0, 0.05) is 18.2 Å². The van der Waals surface area contributed by atoms with Gasteiger partial charge in [0.1, 0.15) is 11.8 Å². The van der Waals surface area contributed by atoms with Crippen molar-refractivity contribution < 1.29 is 47.5 Å². The number of phenolic OH excluding ortho intramolecular Hbond substituents is 1. The van der Waals surface area contributed by atoms with Crippen LogP contribution in [0.5, 0.6) is 5.75 Å². The molecule has 1 atom stereocenters. The number of nitrogens with zero attached hydrogens (tertiary/aromatic N) is 1. The molecule has 0 aliphatic rings. The summed E-state index contributed by atoms with van der Waals surface area (Å²) >= 11 is 0. The number of aliphatic imine (C=N–C) groups is 1. The molecular weight excluding hydrogens is 318 g/mol. The fourth-order valence-electron chi connectivity index (χ4n) is 1.29. The Bertz CT molecular complexity index is 477. The summed E-state index contributed by atoms with van der Waals surface area (Å²) in [5.74, 6) is -2.27. The van der Waals surface area contributed by atoms with Crippen molar-refractivity contribution in [2.75, 3.05) is 0 Å². The van der Waals surface area contributed by atoms with Gasteiger partial charge in [-0.15, -0.1) is 0 Å². The largest absolute Gasteiger partial charge is 2.00 e. The molecule has 0 amide bonds. The maximum absolute atomic E-state index is 10.8. The Morgan fingerprint density at radius 3 is 2.35 bits per heavy atom. The smallest absolute Gasteiger partial charge is 0.507 e. The number of carbonyl (C=O) groups is 2. The average molecular weight is 333 g/mol. The Morgan fingerprint density at radius 1 is 1.25 bits per heavy atom. The van der Waals surface area contributed by atoms with E-state index in [2.05, 4.69) is 4.99 Å². The SMILES string of the molecule is O.O=C(O)CC[C@H](N=Cc1ccccc1O)C(=O)O.[Cu+2]. The van der Waals surface area contributed by atoms with Crippen LogP contribution in [0.1, 0.15) is 18.4 Å². The van der Waals surface area contributed by atoms with Gasteiger partial charge in [-0.2, -0.15) is 0 Å². The molecule has 20 heavy (non-hydrogen) atoms. The van der Waals surface area contributed by atoms with E-state index in [1.807, 2.05) is 0 Å². The van der Waals surface area contributed by atoms with E-state index in [4.69, 9.17) is 10.2 Å². The first-order chi connectivity index (χ1) is 8.50. The molecule has 0 fully saturated rings. The summed E-state index contributed by atoms with van der Waals surface area (Å²) in [5.41, 5.74) is 0.388. The zero-order chi connectivity index (χ0) is 13.5. The van der Waals surface area contributed by atoms with Crippen molar-refractivity contribution in [1.29, 1.82) is 0 Å². The molecule has 0 aromatic heterocycles. The summed E-state index contributed by atoms with van der Waals surface area (Å²) < 4.78 is 0. The van der Waals surface area contributed by atoms with Crippen LogP contribution in [-0.2, 0) is 26.7 Å². The number of aliphatic carboxylic acids is 2. The van der Waals surface area contributed by atoms with E-state index in [0.29, 0.717) is 5.56 Å². The number of hydrogen-bond acceptors (Lipinski definition) is 4. The van der Waals surface area contributed by atoms with Crippen molar-refractivity contribution in [1.82, 2.24) is 0 Å². The second kappa shape index (κ2) is 9.96. The predicted molar refractivity (Wildman–Crippen MR) is 67.6 cm³/mol. The molecule has 0 heterocycles. The van der Waals surface area contributed by atoms with Crippen LogP contribution in [0.15, 0.2) is 29.3 Å². The first-order valence-electron chi connectivity index (χ1n) is 5.26. The molecule has 7 nitrogen and oxygen atoms in total. The van der Waals surface area contributed by atoms with Gasteiger partial charge in [0.25, 0.3) is 0 Å². The minimum absolute atomic E-state index is 0. The van der Waals surface area contributed by atoms with Gasteiger partial charge in [-0.25, -0.2) is 4.79 Å². The van der Waals surface area contributed by atoms with Crippen molar-refractivity contribution in [3.05, 3.63) is 29.8 Å². The molecule has 0 unspecified atom stereocenters. The van der Waals surface area contributed by atoms with Crippen molar-refractivity contribution in [3.8, 4) is 5.75 Å². The number of benzene rings is 1. The molecule has 1 aromatic carbocycles. The van der Waals surface area contributed by atoms with E-state index < -0.39 is 18.0 Å². The van der Waals surface area contributed by atoms with Crippen LogP contribution in [0.3, 0.4) is 0 Å². The Kier molecular flexibility index (Phi) is 10.2. The minimum atomic E-state index is -1.19. The second-order valence-corrected chi connectivity index (χ2v) is 3.62. The third-order valence-corrected chi connectivity index (χ3v) is 2.25. The number of carboxylic acid groups (broad SMARTS) is 2. The fourth-order valence-corrected chi connectivity index (χ4v) is 1.29. The number of carboxylic acids is 2. The van der Waals surface area contributed by atoms with Crippen molar-refractivity contribution >= 4 is 18.2 Å². The molecule has 1 aromatic rings. The van der Waals surface area contributed by atoms with E-state index in [0.717, 1.165) is 0 Å². The number of hydrogen-bond donors (Lipinski definition) is 3. The standard InChI is InChI=1S/C12H13NO5.Cu.H2O/c14-10-4-2-1-3-8(10)7-13-9(12(17)18)5-6-11(15)16;;/h1-4,7,9,14H,5-6H2,(H,15,16)(H,17,18);;1H2/q;+2;/t9-;;/m0../s1. The summed E-state index contributed by atoms with van der Waals surface area (Å²) in [6, 6.07) is 5.21. The number of phenols is 1. The fraction of sp³-hybridized carbons (Fsp3) is 0.250. The normalized spacial score (nSPS) is 11.2. The summed E-state index contributed by atoms with van der Waals surface area (Å²) in [4.78, 5) is 25.0. The van der Waals surface area contributed by atoms with Gasteiger partial charge in [-0.1, -0.05) is 12.1 Å². The van der Waals surface area contributed by atoms with Gasteiger partial charge in [-0.3, -0.25) is 9.79 Å². The minimum Gasteiger partial charge on any atom is -0.507 e. The van der Waals surface area contributed by atoms with E-state index in [-0.39, 0.29) is 41.1 Å². The Labute approximate surface area is 125 Å². The van der Waals surface area contributed by atoms with Gasteiger partial charge >= 0.3 is 29.0 Å². The van der Waals surface area contributed by atoms with Crippen LogP contribution in [0.25, 0.3) is 0 Å². The van der Waals surface area contributed by atoms with Crippen LogP contribution in [0.2, 0.25) is 0 Å². The average Bonchev–Trinajstić information content (AvgIpc) is 2.30. The number of para-hydroxylation sites is 1. The molecule has 0 aliphatic heterocycles. The first kappa shape index (κ1) is 20.4. The molecule has 0 saturated carbocycles. The van der Waals surface area contributed by atoms with Gasteiger partial charge < -0.3 is 20.8 Å². The number of rotatable bonds is 6. The Hall–Kier alpha value is -1.89. The molecule has 0 aliphatic carbocycles. The van der Waals surface area contributed by atoms with E-state index in [9.17, 15) is 14.7 Å². The van der Waals surface area contributed by atoms with Gasteiger partial charge in [-0.05, 0) is 18.6 Å². The third kappa shape index (κ3) is 6.89. The third-order valence-electron chi connectivity index (χ3n) is 2.25. The Balaban J connectivity index is 0. The van der Waals surface area contributed by atoms with Crippen molar-refractivity contribution in [3.63, 3.8) is 0 Å². The van der Waals surface area contributed by atoms with Crippen LogP contribution >= 0.6 is 0 Å². The van der Waals surface area contributed by atoms with E-state index in [1.165, 1.54) is 12.3 Å². The first-order valence-corrected chi connectivity index (χ1v) is 5.26. The molecule has 1 radical (unpaired) electrons. The molecule has 0 saturated heterocycles. The van der Waals surface area contributed by atoms with Crippen LogP contribution in [0, 0.1) is 0 Å². The monoisotopic (exact) mass is 332 g/mol. The topological polar surface area (TPSA) is 139 Å². The summed E-state index contributed by atoms with van der Waals surface area (Å²) in [5, 5.41) is 26.8. The van der Waals surface area contributed by atoms with Gasteiger partial charge in [0.2, 0.25) is 0 Å². The molecule has 1 rings (SSSR count). The van der Waals surface area contributed by atoms with E-state index >= 15 is 0 Å². The molecule has 113 valence electrons. The molecular formula is C12H15CuNO6+2. The quantitative estimate of drug-likeness (QED) is 0.508. The molecule has 8 heteroatoms. The predicted octanol–water partition coefficient (Wildman–Crippen LogP) is 0.302. The van der Waals surface area contributed by atoms with Crippen LogP contribution < -0.4 is 0 Å². The maximum Gasteiger partial charge on any atom is 2.00 e. The number of aromatic hydroxyl groups is 1. The molecule has 0 spiro atoms. The molecule has 5 N–H and O–H groups in total. The summed E-state index contributed by atoms with van der Waals surface area (Å²) in [6.45, 7) is 0. The zero-order valence-corrected chi connectivity index (χ0v) is 11.2. The van der Waals surface area contributed by atoms with E-state index in [1.54, 1.807) is 18.2 Å². The second-order valence-electron chi connectivity index (χ2n) is 3.62. The maximum atomic E-state index is 10.8. The van der Waals surface area contributed by atoms with Crippen LogP contribution in [-0.4, -0.2) is 45.0 Å². The van der Waals surface area contributed by atoms with Gasteiger partial charge in [0.15, 0.2) is 0 Å². The van der Waals surface area contributed by atoms with Crippen molar-refractivity contribution in [2.24, 2.45) is 4.99 Å². The Morgan fingerprint density at radius 2 is 1.85 bits per heavy atom. The van der Waals surface area contributed by atoms with Crippen molar-refractivity contribution in [2.45, 2.75) is 18.9 Å². The zero-order valence-electron chi connectivity index (χ0n) is 10.3. The van der Waals surface area contributed by atoms with Gasteiger partial charge in [0.05, 0.1) is 0 Å². The molecule has 0 bridgehead atoms.